The Labute approximate surface area is 172 Å². The van der Waals surface area contributed by atoms with E-state index in [0.717, 1.165) is 4.57 Å². The normalized spacial score (nSPS) is 10.9. The highest BCUT2D eigenvalue weighted by Gasteiger charge is 2.20. The number of nitrogens with zero attached hydrogens (tertiary/aromatic N) is 5. The molecule has 0 spiro atoms. The Bertz CT molecular complexity index is 1070. The lowest BCUT2D eigenvalue weighted by atomic mass is 10.1. The van der Waals surface area contributed by atoms with Crippen LogP contribution in [0.5, 0.6) is 11.6 Å². The van der Waals surface area contributed by atoms with Crippen LogP contribution < -0.4 is 10.3 Å². The minimum absolute atomic E-state index is 0.0835. The molecule has 0 unspecified atom stereocenters. The molecule has 0 aliphatic heterocycles. The molecule has 0 bridgehead atoms. The zero-order valence-electron chi connectivity index (χ0n) is 16.8. The first-order valence-electron chi connectivity index (χ1n) is 9.04. The number of pyridine rings is 1. The fraction of sp³-hybridized carbons (Fsp3) is 0.368. The number of ether oxygens (including phenoxy) is 2. The van der Waals surface area contributed by atoms with Crippen LogP contribution in [0.15, 0.2) is 33.2 Å². The van der Waals surface area contributed by atoms with Gasteiger partial charge in [0.2, 0.25) is 5.88 Å². The second kappa shape index (κ2) is 10.1. The SMILES string of the molecule is CCOc1ccc(N=Nc2c(C)c(C#N)c(O)n(CCCOC)c2=O)c([N+](=O)[O-])c1. The maximum absolute atomic E-state index is 12.8. The monoisotopic (exact) mass is 415 g/mol. The van der Waals surface area contributed by atoms with Crippen molar-refractivity contribution >= 4 is 17.1 Å². The molecule has 0 amide bonds. The third-order valence-corrected chi connectivity index (χ3v) is 4.21. The Morgan fingerprint density at radius 1 is 1.37 bits per heavy atom. The van der Waals surface area contributed by atoms with Crippen LogP contribution in [0.2, 0.25) is 0 Å². The molecular weight excluding hydrogens is 394 g/mol. The van der Waals surface area contributed by atoms with E-state index in [-0.39, 0.29) is 34.7 Å². The van der Waals surface area contributed by atoms with Gasteiger partial charge < -0.3 is 14.6 Å². The third-order valence-electron chi connectivity index (χ3n) is 4.21. The molecule has 30 heavy (non-hydrogen) atoms. The van der Waals surface area contributed by atoms with Gasteiger partial charge in [0.05, 0.1) is 17.6 Å². The summed E-state index contributed by atoms with van der Waals surface area (Å²) in [7, 11) is 1.50. The van der Waals surface area contributed by atoms with Gasteiger partial charge in [-0.3, -0.25) is 19.5 Å². The van der Waals surface area contributed by atoms with E-state index in [2.05, 4.69) is 10.2 Å². The van der Waals surface area contributed by atoms with Crippen LogP contribution in [0, 0.1) is 28.4 Å². The van der Waals surface area contributed by atoms with Gasteiger partial charge in [-0.05, 0) is 32.4 Å². The summed E-state index contributed by atoms with van der Waals surface area (Å²) in [5.74, 6) is -0.168. The summed E-state index contributed by atoms with van der Waals surface area (Å²) < 4.78 is 11.2. The summed E-state index contributed by atoms with van der Waals surface area (Å²) in [5, 5.41) is 38.8. The van der Waals surface area contributed by atoms with Gasteiger partial charge in [-0.25, -0.2) is 0 Å². The predicted octanol–water partition coefficient (Wildman–Crippen LogP) is 3.49. The quantitative estimate of drug-likeness (QED) is 0.285. The van der Waals surface area contributed by atoms with E-state index in [9.17, 15) is 25.3 Å². The lowest BCUT2D eigenvalue weighted by molar-refractivity contribution is -0.384. The van der Waals surface area contributed by atoms with E-state index in [1.54, 1.807) is 6.92 Å². The zero-order chi connectivity index (χ0) is 22.3. The van der Waals surface area contributed by atoms with Gasteiger partial charge in [0, 0.05) is 25.8 Å². The van der Waals surface area contributed by atoms with Crippen LogP contribution in [0.25, 0.3) is 0 Å². The molecule has 11 heteroatoms. The molecule has 0 saturated heterocycles. The first-order chi connectivity index (χ1) is 14.3. The first-order valence-corrected chi connectivity index (χ1v) is 9.04. The molecule has 0 saturated carbocycles. The van der Waals surface area contributed by atoms with E-state index in [1.165, 1.54) is 32.2 Å². The maximum atomic E-state index is 12.8. The van der Waals surface area contributed by atoms with Crippen LogP contribution in [0.1, 0.15) is 24.5 Å². The summed E-state index contributed by atoms with van der Waals surface area (Å²) in [5.41, 5.74) is -1.29. The molecule has 1 aromatic carbocycles. The molecule has 2 rings (SSSR count). The number of hydrogen-bond acceptors (Lipinski definition) is 9. The molecule has 158 valence electrons. The fourth-order valence-electron chi connectivity index (χ4n) is 2.73. The highest BCUT2D eigenvalue weighted by atomic mass is 16.6. The number of aromatic hydroxyl groups is 1. The first kappa shape index (κ1) is 22.5. The molecule has 1 N–H and O–H groups in total. The van der Waals surface area contributed by atoms with E-state index in [0.29, 0.717) is 25.4 Å². The van der Waals surface area contributed by atoms with Gasteiger partial charge in [-0.1, -0.05) is 0 Å². The third kappa shape index (κ3) is 4.79. The fourth-order valence-corrected chi connectivity index (χ4v) is 2.73. The van der Waals surface area contributed by atoms with Crippen LogP contribution in [0.4, 0.5) is 17.1 Å². The highest BCUT2D eigenvalue weighted by molar-refractivity contribution is 5.61. The van der Waals surface area contributed by atoms with Gasteiger partial charge >= 0.3 is 0 Å². The number of methoxy groups -OCH3 is 1. The van der Waals surface area contributed by atoms with Crippen molar-refractivity contribution in [3.8, 4) is 17.7 Å². The molecule has 0 aliphatic rings. The number of hydrogen-bond donors (Lipinski definition) is 1. The average Bonchev–Trinajstić information content (AvgIpc) is 2.71. The van der Waals surface area contributed by atoms with Crippen LogP contribution >= 0.6 is 0 Å². The summed E-state index contributed by atoms with van der Waals surface area (Å²) in [6.45, 7) is 3.97. The minimum atomic E-state index is -0.669. The van der Waals surface area contributed by atoms with Crippen molar-refractivity contribution in [3.63, 3.8) is 0 Å². The van der Waals surface area contributed by atoms with E-state index in [1.807, 2.05) is 6.07 Å². The van der Waals surface area contributed by atoms with Crippen LogP contribution in [0.3, 0.4) is 0 Å². The Kier molecular flexibility index (Phi) is 7.60. The Morgan fingerprint density at radius 2 is 2.10 bits per heavy atom. The molecule has 0 radical (unpaired) electrons. The number of rotatable bonds is 9. The van der Waals surface area contributed by atoms with E-state index < -0.39 is 16.4 Å². The lowest BCUT2D eigenvalue weighted by Crippen LogP contribution is -2.22. The standard InChI is InChI=1S/C19H21N5O6/c1-4-30-13-6-7-15(16(10-13)24(27)28)21-22-17-12(2)14(11-20)18(25)23(19(17)26)8-5-9-29-3/h6-7,10,25H,4-5,8-9H2,1-3H3. The summed E-state index contributed by atoms with van der Waals surface area (Å²) in [6, 6.07) is 5.91. The number of benzene rings is 1. The second-order valence-corrected chi connectivity index (χ2v) is 6.13. The molecule has 0 fully saturated rings. The van der Waals surface area contributed by atoms with Crippen molar-refractivity contribution in [2.75, 3.05) is 20.3 Å². The second-order valence-electron chi connectivity index (χ2n) is 6.13. The van der Waals surface area contributed by atoms with Crippen molar-refractivity contribution in [1.29, 1.82) is 5.26 Å². The number of nitro groups is 1. The highest BCUT2D eigenvalue weighted by Crippen LogP contribution is 2.33. The molecule has 0 aliphatic carbocycles. The topological polar surface area (TPSA) is 152 Å². The average molecular weight is 415 g/mol. The Balaban J connectivity index is 2.56. The number of nitro benzene ring substituents is 1. The zero-order valence-corrected chi connectivity index (χ0v) is 16.8. The largest absolute Gasteiger partial charge is 0.494 e. The van der Waals surface area contributed by atoms with Crippen LogP contribution in [-0.4, -0.2) is 34.9 Å². The number of nitriles is 1. The smallest absolute Gasteiger partial charge is 0.300 e. The van der Waals surface area contributed by atoms with Crippen molar-refractivity contribution < 1.29 is 19.5 Å². The van der Waals surface area contributed by atoms with E-state index in [4.69, 9.17) is 9.47 Å². The molecular formula is C19H21N5O6. The van der Waals surface area contributed by atoms with Gasteiger partial charge in [-0.15, -0.1) is 10.2 Å². The number of azo groups is 1. The molecule has 2 aromatic rings. The molecule has 1 aromatic heterocycles. The summed E-state index contributed by atoms with van der Waals surface area (Å²) in [6.07, 6.45) is 0.416. The molecule has 1 heterocycles. The summed E-state index contributed by atoms with van der Waals surface area (Å²) >= 11 is 0. The Hall–Kier alpha value is -3.78. The van der Waals surface area contributed by atoms with Crippen LogP contribution in [-0.2, 0) is 11.3 Å². The van der Waals surface area contributed by atoms with Gasteiger partial charge in [0.1, 0.15) is 17.4 Å². The Morgan fingerprint density at radius 3 is 2.70 bits per heavy atom. The lowest BCUT2D eigenvalue weighted by Gasteiger charge is -2.12. The van der Waals surface area contributed by atoms with Gasteiger partial charge in [-0.2, -0.15) is 5.26 Å². The van der Waals surface area contributed by atoms with Gasteiger partial charge in [0.15, 0.2) is 11.4 Å². The number of aromatic nitrogens is 1. The minimum Gasteiger partial charge on any atom is -0.494 e. The molecule has 11 nitrogen and oxygen atoms in total. The van der Waals surface area contributed by atoms with Crippen molar-refractivity contribution in [2.45, 2.75) is 26.8 Å². The van der Waals surface area contributed by atoms with E-state index >= 15 is 0 Å². The van der Waals surface area contributed by atoms with Crippen molar-refractivity contribution in [3.05, 3.63) is 49.8 Å². The van der Waals surface area contributed by atoms with Gasteiger partial charge in [0.25, 0.3) is 11.2 Å². The molecule has 0 atom stereocenters. The predicted molar refractivity (Wildman–Crippen MR) is 107 cm³/mol. The maximum Gasteiger partial charge on any atom is 0.300 e. The van der Waals surface area contributed by atoms with Crippen molar-refractivity contribution in [1.82, 2.24) is 4.57 Å². The summed E-state index contributed by atoms with van der Waals surface area (Å²) in [4.78, 5) is 23.5. The van der Waals surface area contributed by atoms with Crippen molar-refractivity contribution in [2.24, 2.45) is 10.2 Å².